The molecular weight excluding hydrogens is 238 g/mol. The smallest absolute Gasteiger partial charge is 0.226 e. The third-order valence-corrected chi connectivity index (χ3v) is 3.57. The highest BCUT2D eigenvalue weighted by molar-refractivity contribution is 5.93. The van der Waals surface area contributed by atoms with Crippen LogP contribution in [0.5, 0.6) is 0 Å². The topological polar surface area (TPSA) is 46.2 Å². The van der Waals surface area contributed by atoms with Gasteiger partial charge in [0.05, 0.1) is 6.04 Å². The van der Waals surface area contributed by atoms with Crippen molar-refractivity contribution in [2.75, 3.05) is 0 Å². The summed E-state index contributed by atoms with van der Waals surface area (Å²) in [5.74, 6) is 0.459. The van der Waals surface area contributed by atoms with Crippen molar-refractivity contribution in [1.29, 1.82) is 0 Å². The zero-order valence-corrected chi connectivity index (χ0v) is 13.9. The second kappa shape index (κ2) is 6.53. The Kier molecular flexibility index (Phi) is 6.24. The molecule has 0 spiro atoms. The number of Topliss-reactive ketones (excluding diaryl/α,β-unsaturated/α-hetero) is 1. The first-order valence-electron chi connectivity index (χ1n) is 7.27. The van der Waals surface area contributed by atoms with Gasteiger partial charge >= 0.3 is 0 Å². The van der Waals surface area contributed by atoms with Gasteiger partial charge in [-0.1, -0.05) is 55.4 Å². The van der Waals surface area contributed by atoms with Gasteiger partial charge in [0.25, 0.3) is 0 Å². The largest absolute Gasteiger partial charge is 0.346 e. The lowest BCUT2D eigenvalue weighted by atomic mass is 9.82. The number of hydrogen-bond acceptors (Lipinski definition) is 2. The van der Waals surface area contributed by atoms with Crippen molar-refractivity contribution in [3.63, 3.8) is 0 Å². The minimum atomic E-state index is -0.427. The van der Waals surface area contributed by atoms with Gasteiger partial charge < -0.3 is 5.32 Å². The molecule has 3 heteroatoms. The Hall–Kier alpha value is -0.860. The normalized spacial score (nSPS) is 14.4. The molecule has 0 aliphatic carbocycles. The predicted octanol–water partition coefficient (Wildman–Crippen LogP) is 3.57. The van der Waals surface area contributed by atoms with Crippen LogP contribution >= 0.6 is 0 Å². The van der Waals surface area contributed by atoms with Crippen LogP contribution in [-0.2, 0) is 9.59 Å². The van der Waals surface area contributed by atoms with E-state index in [1.165, 1.54) is 0 Å². The lowest BCUT2D eigenvalue weighted by Gasteiger charge is -2.30. The minimum Gasteiger partial charge on any atom is -0.346 e. The van der Waals surface area contributed by atoms with Crippen molar-refractivity contribution in [3.05, 3.63) is 0 Å². The fraction of sp³-hybridized carbons (Fsp3) is 0.875. The first kappa shape index (κ1) is 18.1. The summed E-state index contributed by atoms with van der Waals surface area (Å²) in [6.45, 7) is 15.7. The van der Waals surface area contributed by atoms with Crippen molar-refractivity contribution in [1.82, 2.24) is 5.32 Å². The number of nitrogens with one attached hydrogen (secondary N) is 1. The molecule has 19 heavy (non-hydrogen) atoms. The van der Waals surface area contributed by atoms with Crippen LogP contribution in [0.1, 0.15) is 68.2 Å². The maximum absolute atomic E-state index is 12.4. The molecule has 0 heterocycles. The van der Waals surface area contributed by atoms with Crippen molar-refractivity contribution < 1.29 is 9.59 Å². The zero-order valence-electron chi connectivity index (χ0n) is 13.9. The highest BCUT2D eigenvalue weighted by atomic mass is 16.2. The Bertz CT molecular complexity index is 324. The summed E-state index contributed by atoms with van der Waals surface area (Å²) in [5.41, 5.74) is -0.851. The summed E-state index contributed by atoms with van der Waals surface area (Å²) in [4.78, 5) is 24.7. The van der Waals surface area contributed by atoms with Crippen LogP contribution in [0.25, 0.3) is 0 Å². The molecule has 112 valence electrons. The molecule has 0 saturated heterocycles. The molecule has 1 atom stereocenters. The van der Waals surface area contributed by atoms with Gasteiger partial charge in [-0.25, -0.2) is 0 Å². The molecule has 3 nitrogen and oxygen atoms in total. The SMILES string of the molecule is CCC(C)(C)C(=O)N[C@@H](CC(C)C)C(=O)C(C)(C)C. The van der Waals surface area contributed by atoms with E-state index in [0.29, 0.717) is 12.3 Å². The van der Waals surface area contributed by atoms with Crippen molar-refractivity contribution in [2.24, 2.45) is 16.7 Å². The van der Waals surface area contributed by atoms with Gasteiger partial charge in [-0.15, -0.1) is 0 Å². The maximum atomic E-state index is 12.4. The summed E-state index contributed by atoms with van der Waals surface area (Å²) in [6.07, 6.45) is 1.46. The van der Waals surface area contributed by atoms with E-state index in [4.69, 9.17) is 0 Å². The van der Waals surface area contributed by atoms with Crippen LogP contribution in [0, 0.1) is 16.7 Å². The van der Waals surface area contributed by atoms with Crippen LogP contribution in [0.2, 0.25) is 0 Å². The first-order valence-corrected chi connectivity index (χ1v) is 7.27. The standard InChI is InChI=1S/C16H31NO2/c1-9-16(7,8)14(19)17-12(10-11(2)3)13(18)15(4,5)6/h11-12H,9-10H2,1-8H3,(H,17,19)/t12-/m0/s1. The minimum absolute atomic E-state index is 0.0294. The second-order valence-electron chi connectivity index (χ2n) is 7.51. The summed E-state index contributed by atoms with van der Waals surface area (Å²) in [5, 5.41) is 2.96. The van der Waals surface area contributed by atoms with E-state index in [9.17, 15) is 9.59 Å². The summed E-state index contributed by atoms with van der Waals surface area (Å²) < 4.78 is 0. The van der Waals surface area contributed by atoms with Gasteiger partial charge in [-0.3, -0.25) is 9.59 Å². The third-order valence-electron chi connectivity index (χ3n) is 3.57. The van der Waals surface area contributed by atoms with E-state index in [1.54, 1.807) is 0 Å². The molecule has 0 aliphatic rings. The Morgan fingerprint density at radius 3 is 1.84 bits per heavy atom. The number of amides is 1. The molecule has 0 aromatic rings. The number of hydrogen-bond donors (Lipinski definition) is 1. The van der Waals surface area contributed by atoms with Crippen molar-refractivity contribution in [3.8, 4) is 0 Å². The Labute approximate surface area is 118 Å². The Morgan fingerprint density at radius 2 is 1.53 bits per heavy atom. The molecule has 1 amide bonds. The van der Waals surface area contributed by atoms with E-state index in [1.807, 2.05) is 41.5 Å². The fourth-order valence-corrected chi connectivity index (χ4v) is 1.74. The molecule has 0 fully saturated rings. The van der Waals surface area contributed by atoms with E-state index in [2.05, 4.69) is 19.2 Å². The number of carbonyl (C=O) groups excluding carboxylic acids is 2. The third kappa shape index (κ3) is 5.75. The van der Waals surface area contributed by atoms with E-state index in [0.717, 1.165) is 6.42 Å². The molecule has 0 aromatic carbocycles. The van der Waals surface area contributed by atoms with Crippen LogP contribution in [-0.4, -0.2) is 17.7 Å². The highest BCUT2D eigenvalue weighted by Gasteiger charge is 2.34. The fourth-order valence-electron chi connectivity index (χ4n) is 1.74. The summed E-state index contributed by atoms with van der Waals surface area (Å²) in [7, 11) is 0. The molecule has 0 unspecified atom stereocenters. The molecule has 0 saturated carbocycles. The molecule has 0 rings (SSSR count). The second-order valence-corrected chi connectivity index (χ2v) is 7.51. The quantitative estimate of drug-likeness (QED) is 0.801. The Balaban J connectivity index is 4.99. The predicted molar refractivity (Wildman–Crippen MR) is 79.9 cm³/mol. The number of carbonyl (C=O) groups is 2. The van der Waals surface area contributed by atoms with E-state index >= 15 is 0 Å². The number of ketones is 1. The van der Waals surface area contributed by atoms with E-state index < -0.39 is 10.8 Å². The van der Waals surface area contributed by atoms with Crippen molar-refractivity contribution in [2.45, 2.75) is 74.3 Å². The van der Waals surface area contributed by atoms with Gasteiger partial charge in [0.15, 0.2) is 5.78 Å². The lowest BCUT2D eigenvalue weighted by molar-refractivity contribution is -0.136. The summed E-state index contributed by atoms with van der Waals surface area (Å²) >= 11 is 0. The van der Waals surface area contributed by atoms with Gasteiger partial charge in [0.1, 0.15) is 0 Å². The molecule has 0 aromatic heterocycles. The molecular formula is C16H31NO2. The number of rotatable bonds is 6. The molecule has 0 radical (unpaired) electrons. The van der Waals surface area contributed by atoms with Crippen LogP contribution in [0.4, 0.5) is 0 Å². The maximum Gasteiger partial charge on any atom is 0.226 e. The summed E-state index contributed by atoms with van der Waals surface area (Å²) in [6, 6.07) is -0.377. The Morgan fingerprint density at radius 1 is 1.05 bits per heavy atom. The lowest BCUT2D eigenvalue weighted by Crippen LogP contribution is -2.50. The monoisotopic (exact) mass is 269 g/mol. The van der Waals surface area contributed by atoms with Gasteiger partial charge in [-0.2, -0.15) is 0 Å². The first-order chi connectivity index (χ1) is 8.41. The van der Waals surface area contributed by atoms with Gasteiger partial charge in [-0.05, 0) is 18.8 Å². The van der Waals surface area contributed by atoms with Gasteiger partial charge in [0, 0.05) is 10.8 Å². The average molecular weight is 269 g/mol. The van der Waals surface area contributed by atoms with Crippen LogP contribution < -0.4 is 5.32 Å². The molecule has 1 N–H and O–H groups in total. The zero-order chi connectivity index (χ0) is 15.4. The molecule has 0 bridgehead atoms. The van der Waals surface area contributed by atoms with Crippen LogP contribution in [0.3, 0.4) is 0 Å². The van der Waals surface area contributed by atoms with Crippen LogP contribution in [0.15, 0.2) is 0 Å². The van der Waals surface area contributed by atoms with Gasteiger partial charge in [0.2, 0.25) is 5.91 Å². The average Bonchev–Trinajstić information content (AvgIpc) is 2.25. The van der Waals surface area contributed by atoms with E-state index in [-0.39, 0.29) is 17.7 Å². The highest BCUT2D eigenvalue weighted by Crippen LogP contribution is 2.23. The van der Waals surface area contributed by atoms with Crippen molar-refractivity contribution >= 4 is 11.7 Å². The molecule has 0 aliphatic heterocycles.